The number of para-hydroxylation sites is 1. The second-order valence-corrected chi connectivity index (χ2v) is 7.67. The molecule has 0 bridgehead atoms. The van der Waals surface area contributed by atoms with E-state index in [1.807, 2.05) is 48.7 Å². The number of carboxylic acid groups (broad SMARTS) is 1. The summed E-state index contributed by atoms with van der Waals surface area (Å²) in [4.78, 5) is 27.2. The van der Waals surface area contributed by atoms with Gasteiger partial charge in [0.25, 0.3) is 0 Å². The number of carboxylic acids is 1. The Morgan fingerprint density at radius 1 is 1.07 bits per heavy atom. The van der Waals surface area contributed by atoms with E-state index < -0.39 is 12.0 Å². The molecule has 0 saturated heterocycles. The lowest BCUT2D eigenvalue weighted by molar-refractivity contribution is -0.142. The van der Waals surface area contributed by atoms with Crippen molar-refractivity contribution < 1.29 is 14.7 Å². The van der Waals surface area contributed by atoms with E-state index in [2.05, 4.69) is 22.4 Å². The van der Waals surface area contributed by atoms with Crippen LogP contribution in [-0.4, -0.2) is 28.0 Å². The van der Waals surface area contributed by atoms with Crippen molar-refractivity contribution in [2.75, 3.05) is 0 Å². The van der Waals surface area contributed by atoms with Crippen molar-refractivity contribution in [2.45, 2.75) is 37.6 Å². The molecule has 0 aliphatic heterocycles. The number of carbonyl (C=O) groups excluding carboxylic acids is 1. The van der Waals surface area contributed by atoms with Crippen LogP contribution < -0.4 is 5.32 Å². The number of benzene rings is 2. The first-order valence-corrected chi connectivity index (χ1v) is 9.72. The molecule has 3 N–H and O–H groups in total. The molecule has 1 atom stereocenters. The highest BCUT2D eigenvalue weighted by molar-refractivity contribution is 5.86. The Morgan fingerprint density at radius 3 is 2.54 bits per heavy atom. The van der Waals surface area contributed by atoms with Gasteiger partial charge >= 0.3 is 5.97 Å². The topological polar surface area (TPSA) is 82.2 Å². The summed E-state index contributed by atoms with van der Waals surface area (Å²) in [5, 5.41) is 13.3. The number of rotatable bonds is 7. The zero-order chi connectivity index (χ0) is 19.5. The van der Waals surface area contributed by atoms with Crippen LogP contribution in [0.4, 0.5) is 0 Å². The van der Waals surface area contributed by atoms with Gasteiger partial charge in [-0.15, -0.1) is 0 Å². The maximum atomic E-state index is 12.4. The Bertz CT molecular complexity index is 974. The number of amides is 1. The summed E-state index contributed by atoms with van der Waals surface area (Å²) in [7, 11) is 0. The number of aromatic amines is 1. The van der Waals surface area contributed by atoms with Crippen molar-refractivity contribution in [1.82, 2.24) is 10.3 Å². The molecule has 2 aromatic carbocycles. The van der Waals surface area contributed by atoms with E-state index in [1.54, 1.807) is 0 Å². The van der Waals surface area contributed by atoms with Crippen molar-refractivity contribution in [3.63, 3.8) is 0 Å². The van der Waals surface area contributed by atoms with E-state index in [0.717, 1.165) is 29.3 Å². The molecule has 1 fully saturated rings. The van der Waals surface area contributed by atoms with E-state index in [-0.39, 0.29) is 12.3 Å². The average Bonchev–Trinajstić information content (AvgIpc) is 3.07. The number of hydrogen-bond donors (Lipinski definition) is 3. The van der Waals surface area contributed by atoms with Gasteiger partial charge in [-0.05, 0) is 41.9 Å². The number of hydrogen-bond acceptors (Lipinski definition) is 2. The minimum atomic E-state index is -1.01. The van der Waals surface area contributed by atoms with Crippen LogP contribution in [0.1, 0.15) is 36.3 Å². The Labute approximate surface area is 163 Å². The van der Waals surface area contributed by atoms with Gasteiger partial charge in [-0.2, -0.15) is 0 Å². The van der Waals surface area contributed by atoms with Crippen molar-refractivity contribution in [1.29, 1.82) is 0 Å². The monoisotopic (exact) mass is 376 g/mol. The van der Waals surface area contributed by atoms with Gasteiger partial charge in [-0.25, -0.2) is 4.79 Å². The van der Waals surface area contributed by atoms with Gasteiger partial charge in [0.1, 0.15) is 6.04 Å². The Kier molecular flexibility index (Phi) is 5.15. The molecule has 1 saturated carbocycles. The van der Waals surface area contributed by atoms with Crippen LogP contribution in [0.2, 0.25) is 0 Å². The molecule has 0 radical (unpaired) electrons. The van der Waals surface area contributed by atoms with Crippen LogP contribution in [0.5, 0.6) is 0 Å². The van der Waals surface area contributed by atoms with Gasteiger partial charge < -0.3 is 15.4 Å². The van der Waals surface area contributed by atoms with Crippen LogP contribution in [0.3, 0.4) is 0 Å². The van der Waals surface area contributed by atoms with Crippen LogP contribution in [0, 0.1) is 5.92 Å². The molecule has 28 heavy (non-hydrogen) atoms. The minimum Gasteiger partial charge on any atom is -0.480 e. The van der Waals surface area contributed by atoms with Crippen molar-refractivity contribution >= 4 is 22.8 Å². The van der Waals surface area contributed by atoms with Crippen LogP contribution in [0.15, 0.2) is 60.8 Å². The van der Waals surface area contributed by atoms with E-state index in [9.17, 15) is 14.7 Å². The predicted molar refractivity (Wildman–Crippen MR) is 108 cm³/mol. The van der Waals surface area contributed by atoms with E-state index in [0.29, 0.717) is 18.3 Å². The summed E-state index contributed by atoms with van der Waals surface area (Å²) in [6.45, 7) is 0. The molecule has 1 unspecified atom stereocenters. The van der Waals surface area contributed by atoms with Gasteiger partial charge in [0, 0.05) is 29.9 Å². The summed E-state index contributed by atoms with van der Waals surface area (Å²) >= 11 is 0. The highest BCUT2D eigenvalue weighted by Gasteiger charge is 2.32. The molecule has 1 aliphatic rings. The molecule has 3 aromatic rings. The number of fused-ring (bicyclic) bond motifs is 1. The molecule has 1 aromatic heterocycles. The first kappa shape index (κ1) is 18.3. The smallest absolute Gasteiger partial charge is 0.326 e. The number of aromatic nitrogens is 1. The maximum Gasteiger partial charge on any atom is 0.326 e. The van der Waals surface area contributed by atoms with Gasteiger partial charge in [-0.3, -0.25) is 4.79 Å². The van der Waals surface area contributed by atoms with Crippen LogP contribution in [0.25, 0.3) is 10.9 Å². The fraction of sp³-hybridized carbons (Fsp3) is 0.304. The largest absolute Gasteiger partial charge is 0.480 e. The van der Waals surface area contributed by atoms with Gasteiger partial charge in [0.05, 0.1) is 0 Å². The van der Waals surface area contributed by atoms with Crippen LogP contribution >= 0.6 is 0 Å². The first-order chi connectivity index (χ1) is 13.6. The third kappa shape index (κ3) is 3.93. The maximum absolute atomic E-state index is 12.4. The molecule has 1 aliphatic carbocycles. The Hall–Kier alpha value is -3.08. The SMILES string of the molecule is O=C(CC1CC(c2ccccc2)C1)NC(Cc1c[nH]c2ccccc12)C(=O)O. The second kappa shape index (κ2) is 7.89. The molecule has 5 nitrogen and oxygen atoms in total. The molecule has 144 valence electrons. The average molecular weight is 376 g/mol. The summed E-state index contributed by atoms with van der Waals surface area (Å²) in [6.07, 6.45) is 4.45. The first-order valence-electron chi connectivity index (χ1n) is 9.72. The molecule has 0 spiro atoms. The summed E-state index contributed by atoms with van der Waals surface area (Å²) in [5.41, 5.74) is 3.19. The minimum absolute atomic E-state index is 0.177. The lowest BCUT2D eigenvalue weighted by Gasteiger charge is -2.35. The molecular weight excluding hydrogens is 352 g/mol. The highest BCUT2D eigenvalue weighted by atomic mass is 16.4. The van der Waals surface area contributed by atoms with Gasteiger partial charge in [0.15, 0.2) is 0 Å². The molecule has 1 amide bonds. The summed E-state index contributed by atoms with van der Waals surface area (Å²) in [6, 6.07) is 17.2. The standard InChI is InChI=1S/C23H24N2O3/c26-22(12-15-10-17(11-15)16-6-2-1-3-7-16)25-21(23(27)28)13-18-14-24-20-9-5-4-8-19(18)20/h1-9,14-15,17,21,24H,10-13H2,(H,25,26)(H,27,28). The number of carbonyl (C=O) groups is 2. The van der Waals surface area contributed by atoms with Crippen molar-refractivity contribution in [3.05, 3.63) is 71.9 Å². The fourth-order valence-electron chi connectivity index (χ4n) is 4.14. The number of nitrogens with one attached hydrogen (secondary N) is 2. The molecule has 5 heteroatoms. The molecular formula is C23H24N2O3. The van der Waals surface area contributed by atoms with Crippen molar-refractivity contribution in [2.24, 2.45) is 5.92 Å². The number of aliphatic carboxylic acids is 1. The van der Waals surface area contributed by atoms with E-state index in [1.165, 1.54) is 5.56 Å². The van der Waals surface area contributed by atoms with Crippen LogP contribution in [-0.2, 0) is 16.0 Å². The Balaban J connectivity index is 1.32. The third-order valence-electron chi connectivity index (χ3n) is 5.71. The second-order valence-electron chi connectivity index (χ2n) is 7.67. The molecule has 1 heterocycles. The fourth-order valence-corrected chi connectivity index (χ4v) is 4.14. The van der Waals surface area contributed by atoms with E-state index >= 15 is 0 Å². The predicted octanol–water partition coefficient (Wildman–Crippen LogP) is 3.86. The van der Waals surface area contributed by atoms with Gasteiger partial charge in [-0.1, -0.05) is 48.5 Å². The zero-order valence-corrected chi connectivity index (χ0v) is 15.6. The summed E-state index contributed by atoms with van der Waals surface area (Å²) in [5.74, 6) is -0.341. The number of H-pyrrole nitrogens is 1. The lowest BCUT2D eigenvalue weighted by atomic mass is 9.70. The molecule has 4 rings (SSSR count). The van der Waals surface area contributed by atoms with Crippen molar-refractivity contribution in [3.8, 4) is 0 Å². The summed E-state index contributed by atoms with van der Waals surface area (Å²) < 4.78 is 0. The normalized spacial score (nSPS) is 19.7. The third-order valence-corrected chi connectivity index (χ3v) is 5.71. The highest BCUT2D eigenvalue weighted by Crippen LogP contribution is 2.43. The quantitative estimate of drug-likeness (QED) is 0.585. The van der Waals surface area contributed by atoms with E-state index in [4.69, 9.17) is 0 Å². The Morgan fingerprint density at radius 2 is 1.79 bits per heavy atom. The van der Waals surface area contributed by atoms with Gasteiger partial charge in [0.2, 0.25) is 5.91 Å². The lowest BCUT2D eigenvalue weighted by Crippen LogP contribution is -2.43. The zero-order valence-electron chi connectivity index (χ0n) is 15.6.